The summed E-state index contributed by atoms with van der Waals surface area (Å²) >= 11 is 6.10. The van der Waals surface area contributed by atoms with Crippen LogP contribution in [0.2, 0.25) is 5.02 Å². The van der Waals surface area contributed by atoms with Crippen molar-refractivity contribution in [1.29, 1.82) is 0 Å². The largest absolute Gasteiger partial charge is 0.310 e. The minimum Gasteiger partial charge on any atom is -0.310 e. The molecule has 0 saturated heterocycles. The van der Waals surface area contributed by atoms with Gasteiger partial charge in [-0.1, -0.05) is 36.7 Å². The maximum absolute atomic E-state index is 13.6. The van der Waals surface area contributed by atoms with Crippen LogP contribution in [0.5, 0.6) is 0 Å². The summed E-state index contributed by atoms with van der Waals surface area (Å²) in [5.74, 6) is -0.376. The Morgan fingerprint density at radius 1 is 1.30 bits per heavy atom. The fourth-order valence-electron chi connectivity index (χ4n) is 2.15. The van der Waals surface area contributed by atoms with Crippen molar-refractivity contribution < 1.29 is 4.39 Å². The highest BCUT2D eigenvalue weighted by Gasteiger charge is 2.16. The number of pyridine rings is 1. The Hall–Kier alpha value is -1.45. The molecule has 1 aromatic heterocycles. The van der Waals surface area contributed by atoms with Crippen LogP contribution in [0, 0.1) is 5.82 Å². The van der Waals surface area contributed by atoms with Crippen LogP contribution in [0.3, 0.4) is 0 Å². The summed E-state index contributed by atoms with van der Waals surface area (Å²) in [5.41, 5.74) is 1.89. The minimum atomic E-state index is -0.376. The van der Waals surface area contributed by atoms with E-state index < -0.39 is 0 Å². The smallest absolute Gasteiger partial charge is 0.142 e. The van der Waals surface area contributed by atoms with Gasteiger partial charge in [-0.2, -0.15) is 0 Å². The molecule has 0 aliphatic carbocycles. The van der Waals surface area contributed by atoms with Gasteiger partial charge in [0.15, 0.2) is 0 Å². The lowest BCUT2D eigenvalue weighted by atomic mass is 9.99. The second-order valence-corrected chi connectivity index (χ2v) is 5.09. The molecule has 0 fully saturated rings. The van der Waals surface area contributed by atoms with E-state index in [1.54, 1.807) is 12.3 Å². The van der Waals surface area contributed by atoms with Crippen LogP contribution in [0.15, 0.2) is 42.7 Å². The van der Waals surface area contributed by atoms with Gasteiger partial charge in [0.1, 0.15) is 5.82 Å². The number of rotatable bonds is 6. The maximum atomic E-state index is 13.6. The van der Waals surface area contributed by atoms with E-state index in [-0.39, 0.29) is 16.9 Å². The summed E-state index contributed by atoms with van der Waals surface area (Å²) in [7, 11) is 0. The van der Waals surface area contributed by atoms with Gasteiger partial charge >= 0.3 is 0 Å². The van der Waals surface area contributed by atoms with Gasteiger partial charge in [0.25, 0.3) is 0 Å². The van der Waals surface area contributed by atoms with E-state index in [2.05, 4.69) is 17.2 Å². The highest BCUT2D eigenvalue weighted by molar-refractivity contribution is 6.31. The maximum Gasteiger partial charge on any atom is 0.142 e. The molecular weight excluding hydrogens is 275 g/mol. The van der Waals surface area contributed by atoms with Crippen molar-refractivity contribution in [2.45, 2.75) is 25.8 Å². The van der Waals surface area contributed by atoms with E-state index in [0.29, 0.717) is 0 Å². The number of nitrogens with zero attached hydrogens (tertiary/aromatic N) is 1. The van der Waals surface area contributed by atoms with Gasteiger partial charge in [0, 0.05) is 18.4 Å². The number of benzene rings is 1. The number of halogens is 2. The van der Waals surface area contributed by atoms with Crippen LogP contribution in [0.1, 0.15) is 30.5 Å². The topological polar surface area (TPSA) is 24.9 Å². The first kappa shape index (κ1) is 14.9. The molecule has 106 valence electrons. The molecular formula is C16H18ClFN2. The third-order valence-electron chi connectivity index (χ3n) is 3.16. The van der Waals surface area contributed by atoms with Gasteiger partial charge < -0.3 is 5.32 Å². The molecule has 0 amide bonds. The predicted molar refractivity (Wildman–Crippen MR) is 80.4 cm³/mol. The molecule has 1 N–H and O–H groups in total. The highest BCUT2D eigenvalue weighted by atomic mass is 35.5. The van der Waals surface area contributed by atoms with E-state index in [4.69, 9.17) is 11.6 Å². The van der Waals surface area contributed by atoms with Crippen LogP contribution in [-0.4, -0.2) is 11.5 Å². The zero-order chi connectivity index (χ0) is 14.4. The molecule has 1 heterocycles. The average molecular weight is 293 g/mol. The molecule has 1 atom stereocenters. The number of aromatic nitrogens is 1. The van der Waals surface area contributed by atoms with Crippen molar-refractivity contribution in [3.8, 4) is 0 Å². The number of hydrogen-bond acceptors (Lipinski definition) is 2. The van der Waals surface area contributed by atoms with E-state index in [1.165, 1.54) is 6.07 Å². The van der Waals surface area contributed by atoms with Crippen LogP contribution >= 0.6 is 11.6 Å². The molecule has 0 saturated carbocycles. The van der Waals surface area contributed by atoms with E-state index in [9.17, 15) is 4.39 Å². The van der Waals surface area contributed by atoms with Gasteiger partial charge in [-0.15, -0.1) is 0 Å². The highest BCUT2D eigenvalue weighted by Crippen LogP contribution is 2.27. The number of hydrogen-bond donors (Lipinski definition) is 1. The second kappa shape index (κ2) is 7.36. The van der Waals surface area contributed by atoms with Crippen molar-refractivity contribution in [3.05, 3.63) is 64.7 Å². The van der Waals surface area contributed by atoms with Gasteiger partial charge in [-0.05, 0) is 42.6 Å². The molecule has 1 aromatic carbocycles. The molecule has 1 unspecified atom stereocenters. The molecule has 0 bridgehead atoms. The van der Waals surface area contributed by atoms with Gasteiger partial charge in [0.2, 0.25) is 0 Å². The molecule has 0 aliphatic rings. The van der Waals surface area contributed by atoms with Crippen molar-refractivity contribution in [2.75, 3.05) is 6.54 Å². The molecule has 2 nitrogen and oxygen atoms in total. The lowest BCUT2D eigenvalue weighted by Crippen LogP contribution is -2.24. The first-order valence-electron chi connectivity index (χ1n) is 6.78. The SMILES string of the molecule is CCCNC(Cc1cccnc1)c1cccc(F)c1Cl. The lowest BCUT2D eigenvalue weighted by molar-refractivity contribution is 0.524. The minimum absolute atomic E-state index is 0.0117. The quantitative estimate of drug-likeness (QED) is 0.865. The zero-order valence-electron chi connectivity index (χ0n) is 11.4. The Morgan fingerprint density at radius 2 is 2.15 bits per heavy atom. The molecule has 0 aliphatic heterocycles. The Balaban J connectivity index is 2.25. The van der Waals surface area contributed by atoms with E-state index in [1.807, 2.05) is 24.4 Å². The molecule has 0 radical (unpaired) electrons. The van der Waals surface area contributed by atoms with E-state index in [0.717, 1.165) is 30.5 Å². The molecule has 4 heteroatoms. The van der Waals surface area contributed by atoms with Crippen molar-refractivity contribution in [2.24, 2.45) is 0 Å². The molecule has 0 spiro atoms. The van der Waals surface area contributed by atoms with Crippen LogP contribution < -0.4 is 5.32 Å². The predicted octanol–water partition coefficient (Wildman–Crippen LogP) is 4.16. The summed E-state index contributed by atoms with van der Waals surface area (Å²) in [5, 5.41) is 3.62. The summed E-state index contributed by atoms with van der Waals surface area (Å²) in [4.78, 5) is 4.12. The van der Waals surface area contributed by atoms with Crippen molar-refractivity contribution in [3.63, 3.8) is 0 Å². The fraction of sp³-hybridized carbons (Fsp3) is 0.312. The van der Waals surface area contributed by atoms with Gasteiger partial charge in [0.05, 0.1) is 5.02 Å². The summed E-state index contributed by atoms with van der Waals surface area (Å²) in [6.45, 7) is 2.96. The molecule has 20 heavy (non-hydrogen) atoms. The Kier molecular flexibility index (Phi) is 5.50. The Labute approximate surface area is 124 Å². The lowest BCUT2D eigenvalue weighted by Gasteiger charge is -2.20. The molecule has 2 rings (SSSR count). The normalized spacial score (nSPS) is 12.3. The summed E-state index contributed by atoms with van der Waals surface area (Å²) in [6.07, 6.45) is 5.31. The monoisotopic (exact) mass is 292 g/mol. The summed E-state index contributed by atoms with van der Waals surface area (Å²) in [6, 6.07) is 8.85. The third kappa shape index (κ3) is 3.78. The fourth-order valence-corrected chi connectivity index (χ4v) is 2.41. The number of nitrogens with one attached hydrogen (secondary N) is 1. The first-order valence-corrected chi connectivity index (χ1v) is 7.16. The third-order valence-corrected chi connectivity index (χ3v) is 3.56. The van der Waals surface area contributed by atoms with Crippen LogP contribution in [-0.2, 0) is 6.42 Å². The van der Waals surface area contributed by atoms with Crippen molar-refractivity contribution in [1.82, 2.24) is 10.3 Å². The van der Waals surface area contributed by atoms with Crippen molar-refractivity contribution >= 4 is 11.6 Å². The Morgan fingerprint density at radius 3 is 2.85 bits per heavy atom. The zero-order valence-corrected chi connectivity index (χ0v) is 12.2. The van der Waals surface area contributed by atoms with Gasteiger partial charge in [-0.25, -0.2) is 4.39 Å². The standard InChI is InChI=1S/C16H18ClFN2/c1-2-8-20-15(10-12-5-4-9-19-11-12)13-6-3-7-14(18)16(13)17/h3-7,9,11,15,20H,2,8,10H2,1H3. The summed E-state index contributed by atoms with van der Waals surface area (Å²) < 4.78 is 13.6. The first-order chi connectivity index (χ1) is 9.72. The van der Waals surface area contributed by atoms with Crippen LogP contribution in [0.25, 0.3) is 0 Å². The van der Waals surface area contributed by atoms with Crippen LogP contribution in [0.4, 0.5) is 4.39 Å². The Bertz CT molecular complexity index is 545. The molecule has 2 aromatic rings. The second-order valence-electron chi connectivity index (χ2n) is 4.72. The van der Waals surface area contributed by atoms with E-state index >= 15 is 0 Å². The van der Waals surface area contributed by atoms with Gasteiger partial charge in [-0.3, -0.25) is 4.98 Å². The average Bonchev–Trinajstić information content (AvgIpc) is 2.48.